The second-order valence-electron chi connectivity index (χ2n) is 7.26. The summed E-state index contributed by atoms with van der Waals surface area (Å²) in [5.74, 6) is 2.39. The first kappa shape index (κ1) is 22.6. The lowest BCUT2D eigenvalue weighted by Crippen LogP contribution is -2.15. The van der Waals surface area contributed by atoms with Crippen molar-refractivity contribution in [2.75, 3.05) is 32.4 Å². The van der Waals surface area contributed by atoms with Gasteiger partial charge in [-0.2, -0.15) is 0 Å². The van der Waals surface area contributed by atoms with Crippen LogP contribution in [0.15, 0.2) is 46.9 Å². The molecule has 34 heavy (non-hydrogen) atoms. The Balaban J connectivity index is 1.54. The SMILES string of the molecule is COc1cccc(NC(=O)c2nnn(Cc3nc(-c4ccc(OC)cc4OC)oc3C)c2N)c1. The number of carbonyl (C=O) groups is 1. The number of carbonyl (C=O) groups excluding carboxylic acids is 1. The van der Waals surface area contributed by atoms with E-state index in [2.05, 4.69) is 20.6 Å². The Kier molecular flexibility index (Phi) is 6.35. The molecule has 0 unspecified atom stereocenters. The number of nitrogens with zero attached hydrogens (tertiary/aromatic N) is 4. The van der Waals surface area contributed by atoms with Gasteiger partial charge in [-0.3, -0.25) is 4.79 Å². The zero-order valence-electron chi connectivity index (χ0n) is 19.2. The highest BCUT2D eigenvalue weighted by Crippen LogP contribution is 2.34. The fraction of sp³-hybridized carbons (Fsp3) is 0.217. The number of anilines is 2. The summed E-state index contributed by atoms with van der Waals surface area (Å²) in [6.45, 7) is 1.95. The third-order valence-electron chi connectivity index (χ3n) is 5.15. The summed E-state index contributed by atoms with van der Waals surface area (Å²) in [6, 6.07) is 12.3. The Morgan fingerprint density at radius 3 is 2.59 bits per heavy atom. The van der Waals surface area contributed by atoms with Gasteiger partial charge in [-0.05, 0) is 31.2 Å². The number of amides is 1. The second-order valence-corrected chi connectivity index (χ2v) is 7.26. The number of rotatable bonds is 8. The molecule has 0 fully saturated rings. The highest BCUT2D eigenvalue weighted by Gasteiger charge is 2.21. The number of nitrogen functional groups attached to an aromatic ring is 1. The third-order valence-corrected chi connectivity index (χ3v) is 5.15. The first-order valence-electron chi connectivity index (χ1n) is 10.3. The van der Waals surface area contributed by atoms with Crippen LogP contribution in [0.25, 0.3) is 11.5 Å². The number of oxazole rings is 1. The molecule has 4 rings (SSSR count). The van der Waals surface area contributed by atoms with Crippen LogP contribution < -0.4 is 25.3 Å². The zero-order chi connectivity index (χ0) is 24.2. The lowest BCUT2D eigenvalue weighted by atomic mass is 10.2. The minimum atomic E-state index is -0.488. The summed E-state index contributed by atoms with van der Waals surface area (Å²) in [4.78, 5) is 17.2. The van der Waals surface area contributed by atoms with Gasteiger partial charge in [0.15, 0.2) is 11.5 Å². The number of ether oxygens (including phenoxy) is 3. The van der Waals surface area contributed by atoms with Crippen molar-refractivity contribution < 1.29 is 23.4 Å². The third kappa shape index (κ3) is 4.49. The van der Waals surface area contributed by atoms with E-state index in [1.165, 1.54) is 4.68 Å². The Bertz CT molecular complexity index is 1330. The quantitative estimate of drug-likeness (QED) is 0.402. The molecule has 2 aromatic heterocycles. The Labute approximate surface area is 195 Å². The van der Waals surface area contributed by atoms with E-state index in [0.29, 0.717) is 45.8 Å². The maximum Gasteiger partial charge on any atom is 0.280 e. The summed E-state index contributed by atoms with van der Waals surface area (Å²) >= 11 is 0. The average molecular weight is 464 g/mol. The van der Waals surface area contributed by atoms with Gasteiger partial charge in [-0.1, -0.05) is 11.3 Å². The fourth-order valence-electron chi connectivity index (χ4n) is 3.30. The van der Waals surface area contributed by atoms with Crippen molar-refractivity contribution in [1.82, 2.24) is 20.0 Å². The number of hydrogen-bond donors (Lipinski definition) is 2. The molecule has 0 aliphatic rings. The maximum atomic E-state index is 12.7. The van der Waals surface area contributed by atoms with E-state index in [0.717, 1.165) is 0 Å². The lowest BCUT2D eigenvalue weighted by Gasteiger charge is -2.07. The molecule has 0 aliphatic heterocycles. The minimum absolute atomic E-state index is 0.000940. The molecule has 3 N–H and O–H groups in total. The van der Waals surface area contributed by atoms with Crippen LogP contribution >= 0.6 is 0 Å². The van der Waals surface area contributed by atoms with Crippen LogP contribution in [-0.2, 0) is 6.54 Å². The molecule has 0 spiro atoms. The van der Waals surface area contributed by atoms with Crippen molar-refractivity contribution >= 4 is 17.4 Å². The topological polar surface area (TPSA) is 140 Å². The Hall–Kier alpha value is -4.54. The van der Waals surface area contributed by atoms with E-state index in [-0.39, 0.29) is 18.1 Å². The summed E-state index contributed by atoms with van der Waals surface area (Å²) < 4.78 is 23.1. The zero-order valence-corrected chi connectivity index (χ0v) is 19.2. The van der Waals surface area contributed by atoms with E-state index >= 15 is 0 Å². The van der Waals surface area contributed by atoms with Gasteiger partial charge < -0.3 is 29.7 Å². The fourth-order valence-corrected chi connectivity index (χ4v) is 3.30. The Morgan fingerprint density at radius 1 is 1.09 bits per heavy atom. The van der Waals surface area contributed by atoms with Crippen LogP contribution in [0.4, 0.5) is 11.5 Å². The molecular weight excluding hydrogens is 440 g/mol. The van der Waals surface area contributed by atoms with Crippen molar-refractivity contribution in [1.29, 1.82) is 0 Å². The normalized spacial score (nSPS) is 10.7. The summed E-state index contributed by atoms with van der Waals surface area (Å²) in [5, 5.41) is 10.7. The van der Waals surface area contributed by atoms with Crippen LogP contribution in [0.3, 0.4) is 0 Å². The molecule has 0 radical (unpaired) electrons. The molecule has 1 amide bonds. The van der Waals surface area contributed by atoms with Crippen LogP contribution in [0.5, 0.6) is 17.2 Å². The van der Waals surface area contributed by atoms with Gasteiger partial charge in [0.1, 0.15) is 28.7 Å². The molecule has 176 valence electrons. The highest BCUT2D eigenvalue weighted by molar-refractivity contribution is 6.05. The van der Waals surface area contributed by atoms with E-state index in [1.807, 2.05) is 0 Å². The second kappa shape index (κ2) is 9.53. The van der Waals surface area contributed by atoms with Gasteiger partial charge in [-0.15, -0.1) is 5.10 Å². The number of aryl methyl sites for hydroxylation is 1. The van der Waals surface area contributed by atoms with Crippen molar-refractivity contribution in [3.63, 3.8) is 0 Å². The number of nitrogens with one attached hydrogen (secondary N) is 1. The Morgan fingerprint density at radius 2 is 1.85 bits per heavy atom. The molecule has 0 bridgehead atoms. The summed E-state index contributed by atoms with van der Waals surface area (Å²) in [6.07, 6.45) is 0. The number of hydrogen-bond acceptors (Lipinski definition) is 9. The van der Waals surface area contributed by atoms with E-state index < -0.39 is 5.91 Å². The molecule has 0 atom stereocenters. The molecule has 0 saturated heterocycles. The molecule has 11 nitrogen and oxygen atoms in total. The van der Waals surface area contributed by atoms with Gasteiger partial charge in [0.2, 0.25) is 5.89 Å². The highest BCUT2D eigenvalue weighted by atomic mass is 16.5. The van der Waals surface area contributed by atoms with Crippen molar-refractivity contribution in [2.45, 2.75) is 13.5 Å². The first-order chi connectivity index (χ1) is 16.4. The van der Waals surface area contributed by atoms with Crippen LogP contribution in [0.1, 0.15) is 21.9 Å². The summed E-state index contributed by atoms with van der Waals surface area (Å²) in [5.41, 5.74) is 7.97. The first-order valence-corrected chi connectivity index (χ1v) is 10.3. The smallest absolute Gasteiger partial charge is 0.280 e. The van der Waals surface area contributed by atoms with Crippen LogP contribution in [-0.4, -0.2) is 47.2 Å². The minimum Gasteiger partial charge on any atom is -0.497 e. The van der Waals surface area contributed by atoms with Gasteiger partial charge in [0.25, 0.3) is 5.91 Å². The van der Waals surface area contributed by atoms with Crippen molar-refractivity contribution in [3.05, 3.63) is 59.6 Å². The largest absolute Gasteiger partial charge is 0.497 e. The van der Waals surface area contributed by atoms with E-state index in [9.17, 15) is 4.79 Å². The molecule has 4 aromatic rings. The number of nitrogens with two attached hydrogens (primary N) is 1. The molecule has 0 saturated carbocycles. The maximum absolute atomic E-state index is 12.7. The van der Waals surface area contributed by atoms with Crippen molar-refractivity contribution in [2.24, 2.45) is 0 Å². The van der Waals surface area contributed by atoms with Crippen molar-refractivity contribution in [3.8, 4) is 28.7 Å². The number of aromatic nitrogens is 4. The predicted molar refractivity (Wildman–Crippen MR) is 124 cm³/mol. The molecule has 0 aliphatic carbocycles. The standard InChI is InChI=1S/C23H24N6O5/c1-13-18(26-23(34-13)17-9-8-16(32-3)11-19(17)33-4)12-29-21(24)20(27-28-29)22(30)25-14-6-5-7-15(10-14)31-2/h5-11H,12,24H2,1-4H3,(H,25,30). The van der Waals surface area contributed by atoms with E-state index in [1.54, 1.807) is 70.7 Å². The predicted octanol–water partition coefficient (Wildman–Crippen LogP) is 3.15. The van der Waals surface area contributed by atoms with Gasteiger partial charge >= 0.3 is 0 Å². The monoisotopic (exact) mass is 464 g/mol. The molecule has 2 heterocycles. The number of methoxy groups -OCH3 is 3. The average Bonchev–Trinajstić information content (AvgIpc) is 3.40. The summed E-state index contributed by atoms with van der Waals surface area (Å²) in [7, 11) is 4.69. The van der Waals surface area contributed by atoms with Gasteiger partial charge in [0.05, 0.1) is 33.4 Å². The molecule has 11 heteroatoms. The van der Waals surface area contributed by atoms with Crippen LogP contribution in [0.2, 0.25) is 0 Å². The van der Waals surface area contributed by atoms with E-state index in [4.69, 9.17) is 24.4 Å². The van der Waals surface area contributed by atoms with Crippen LogP contribution in [0, 0.1) is 6.92 Å². The van der Waals surface area contributed by atoms with Gasteiger partial charge in [0, 0.05) is 17.8 Å². The lowest BCUT2D eigenvalue weighted by molar-refractivity contribution is 0.102. The van der Waals surface area contributed by atoms with Gasteiger partial charge in [-0.25, -0.2) is 9.67 Å². The molecule has 2 aromatic carbocycles. The molecular formula is C23H24N6O5. The number of benzene rings is 2.